The topological polar surface area (TPSA) is 58.2 Å². The molecule has 2 aromatic rings. The average molecular weight is 324 g/mol. The van der Waals surface area contributed by atoms with Crippen LogP contribution in [0.3, 0.4) is 0 Å². The van der Waals surface area contributed by atoms with Crippen molar-refractivity contribution in [3.05, 3.63) is 70.3 Å². The number of hydrogen-bond donors (Lipinski definition) is 2. The van der Waals surface area contributed by atoms with E-state index in [-0.39, 0.29) is 17.2 Å². The van der Waals surface area contributed by atoms with Crippen molar-refractivity contribution in [1.82, 2.24) is 10.9 Å². The fourth-order valence-corrected chi connectivity index (χ4v) is 2.26. The maximum absolute atomic E-state index is 12.1. The zero-order chi connectivity index (χ0) is 17.9. The molecule has 0 spiro atoms. The Balaban J connectivity index is 1.99. The van der Waals surface area contributed by atoms with Gasteiger partial charge in [-0.2, -0.15) is 0 Å². The van der Waals surface area contributed by atoms with Gasteiger partial charge in [0.25, 0.3) is 11.8 Å². The van der Waals surface area contributed by atoms with E-state index in [9.17, 15) is 9.59 Å². The SMILES string of the molecule is Cc1ccc(C(=O)NNC(=O)c2ccc(C(C)(C)C)cc2)cc1C. The third-order valence-corrected chi connectivity index (χ3v) is 4.07. The van der Waals surface area contributed by atoms with Crippen LogP contribution < -0.4 is 10.9 Å². The summed E-state index contributed by atoms with van der Waals surface area (Å²) < 4.78 is 0. The van der Waals surface area contributed by atoms with E-state index in [0.717, 1.165) is 16.7 Å². The maximum atomic E-state index is 12.1. The van der Waals surface area contributed by atoms with Crippen LogP contribution in [0.4, 0.5) is 0 Å². The Bertz CT molecular complexity index is 756. The summed E-state index contributed by atoms with van der Waals surface area (Å²) >= 11 is 0. The zero-order valence-corrected chi connectivity index (χ0v) is 14.9. The number of nitrogens with one attached hydrogen (secondary N) is 2. The lowest BCUT2D eigenvalue weighted by molar-refractivity contribution is 0.0846. The fourth-order valence-electron chi connectivity index (χ4n) is 2.26. The lowest BCUT2D eigenvalue weighted by atomic mass is 9.87. The van der Waals surface area contributed by atoms with Crippen LogP contribution in [0.5, 0.6) is 0 Å². The third kappa shape index (κ3) is 4.22. The number of hydrogen-bond acceptors (Lipinski definition) is 2. The molecule has 0 aliphatic carbocycles. The molecule has 0 bridgehead atoms. The first-order valence-corrected chi connectivity index (χ1v) is 7.97. The summed E-state index contributed by atoms with van der Waals surface area (Å²) in [6.45, 7) is 10.3. The van der Waals surface area contributed by atoms with Crippen LogP contribution in [0.2, 0.25) is 0 Å². The number of rotatable bonds is 2. The van der Waals surface area contributed by atoms with E-state index < -0.39 is 0 Å². The molecule has 2 N–H and O–H groups in total. The van der Waals surface area contributed by atoms with E-state index in [1.54, 1.807) is 24.3 Å². The van der Waals surface area contributed by atoms with Gasteiger partial charge in [0, 0.05) is 11.1 Å². The zero-order valence-electron chi connectivity index (χ0n) is 14.9. The number of hydrazine groups is 1. The maximum Gasteiger partial charge on any atom is 0.269 e. The van der Waals surface area contributed by atoms with Crippen LogP contribution in [-0.4, -0.2) is 11.8 Å². The van der Waals surface area contributed by atoms with Gasteiger partial charge in [-0.3, -0.25) is 20.4 Å². The predicted octanol–water partition coefficient (Wildman–Crippen LogP) is 3.68. The Morgan fingerprint density at radius 1 is 0.750 bits per heavy atom. The van der Waals surface area contributed by atoms with Crippen molar-refractivity contribution in [3.63, 3.8) is 0 Å². The second-order valence-corrected chi connectivity index (χ2v) is 7.03. The largest absolute Gasteiger partial charge is 0.269 e. The van der Waals surface area contributed by atoms with Crippen molar-refractivity contribution in [2.75, 3.05) is 0 Å². The third-order valence-electron chi connectivity index (χ3n) is 4.07. The number of carbonyl (C=O) groups excluding carboxylic acids is 2. The van der Waals surface area contributed by atoms with E-state index in [0.29, 0.717) is 11.1 Å². The molecule has 24 heavy (non-hydrogen) atoms. The molecule has 0 unspecified atom stereocenters. The van der Waals surface area contributed by atoms with Gasteiger partial charge < -0.3 is 0 Å². The highest BCUT2D eigenvalue weighted by atomic mass is 16.2. The molecule has 0 atom stereocenters. The number of aryl methyl sites for hydroxylation is 2. The molecule has 0 fully saturated rings. The van der Waals surface area contributed by atoms with Gasteiger partial charge in [0.1, 0.15) is 0 Å². The minimum Gasteiger partial charge on any atom is -0.267 e. The van der Waals surface area contributed by atoms with Crippen molar-refractivity contribution in [3.8, 4) is 0 Å². The summed E-state index contributed by atoms with van der Waals surface area (Å²) in [5.74, 6) is -0.676. The first-order chi connectivity index (χ1) is 11.2. The first kappa shape index (κ1) is 17.7. The molecule has 0 aliphatic rings. The molecule has 0 aliphatic heterocycles. The molecule has 2 amide bonds. The van der Waals surface area contributed by atoms with Gasteiger partial charge in [-0.15, -0.1) is 0 Å². The van der Waals surface area contributed by atoms with Gasteiger partial charge in [0.15, 0.2) is 0 Å². The van der Waals surface area contributed by atoms with Crippen molar-refractivity contribution >= 4 is 11.8 Å². The smallest absolute Gasteiger partial charge is 0.267 e. The first-order valence-electron chi connectivity index (χ1n) is 7.97. The van der Waals surface area contributed by atoms with E-state index in [1.165, 1.54) is 0 Å². The summed E-state index contributed by atoms with van der Waals surface area (Å²) in [5.41, 5.74) is 9.26. The quantitative estimate of drug-likeness (QED) is 0.828. The standard InChI is InChI=1S/C20H24N2O2/c1-13-6-7-16(12-14(13)2)19(24)22-21-18(23)15-8-10-17(11-9-15)20(3,4)5/h6-12H,1-5H3,(H,21,23)(H,22,24). The Hall–Kier alpha value is -2.62. The second kappa shape index (κ2) is 6.87. The molecular weight excluding hydrogens is 300 g/mol. The Morgan fingerprint density at radius 3 is 1.75 bits per heavy atom. The molecule has 4 nitrogen and oxygen atoms in total. The summed E-state index contributed by atoms with van der Waals surface area (Å²) in [4.78, 5) is 24.2. The lowest BCUT2D eigenvalue weighted by Crippen LogP contribution is -2.41. The monoisotopic (exact) mass is 324 g/mol. The van der Waals surface area contributed by atoms with Crippen LogP contribution in [0, 0.1) is 13.8 Å². The molecule has 4 heteroatoms. The van der Waals surface area contributed by atoms with Crippen LogP contribution in [-0.2, 0) is 5.41 Å². The highest BCUT2D eigenvalue weighted by Gasteiger charge is 2.15. The van der Waals surface area contributed by atoms with Crippen molar-refractivity contribution in [2.24, 2.45) is 0 Å². The molecule has 0 aromatic heterocycles. The molecule has 2 aromatic carbocycles. The van der Waals surface area contributed by atoms with E-state index >= 15 is 0 Å². The van der Waals surface area contributed by atoms with Gasteiger partial charge in [0.2, 0.25) is 0 Å². The molecule has 0 radical (unpaired) electrons. The van der Waals surface area contributed by atoms with Crippen LogP contribution in [0.25, 0.3) is 0 Å². The average Bonchev–Trinajstić information content (AvgIpc) is 2.54. The van der Waals surface area contributed by atoms with Gasteiger partial charge in [-0.25, -0.2) is 0 Å². The lowest BCUT2D eigenvalue weighted by Gasteiger charge is -2.19. The van der Waals surface area contributed by atoms with E-state index in [2.05, 4.69) is 31.6 Å². The minimum atomic E-state index is -0.340. The van der Waals surface area contributed by atoms with Crippen LogP contribution >= 0.6 is 0 Å². The number of amides is 2. The van der Waals surface area contributed by atoms with Crippen molar-refractivity contribution in [1.29, 1.82) is 0 Å². The predicted molar refractivity (Wildman–Crippen MR) is 96.0 cm³/mol. The highest BCUT2D eigenvalue weighted by Crippen LogP contribution is 2.22. The van der Waals surface area contributed by atoms with Gasteiger partial charge in [-0.1, -0.05) is 39.0 Å². The molecule has 0 saturated carbocycles. The molecule has 2 rings (SSSR count). The van der Waals surface area contributed by atoms with E-state index in [4.69, 9.17) is 0 Å². The molecule has 0 heterocycles. The Labute approximate surface area is 143 Å². The minimum absolute atomic E-state index is 0.0342. The van der Waals surface area contributed by atoms with Gasteiger partial charge >= 0.3 is 0 Å². The van der Waals surface area contributed by atoms with Crippen LogP contribution in [0.15, 0.2) is 42.5 Å². The molecule has 0 saturated heterocycles. The summed E-state index contributed by atoms with van der Waals surface area (Å²) in [7, 11) is 0. The van der Waals surface area contributed by atoms with Crippen molar-refractivity contribution in [2.45, 2.75) is 40.0 Å². The summed E-state index contributed by atoms with van der Waals surface area (Å²) in [6.07, 6.45) is 0. The van der Waals surface area contributed by atoms with Gasteiger partial charge in [-0.05, 0) is 60.2 Å². The van der Waals surface area contributed by atoms with E-state index in [1.807, 2.05) is 32.0 Å². The summed E-state index contributed by atoms with van der Waals surface area (Å²) in [6, 6.07) is 12.8. The normalized spacial score (nSPS) is 11.0. The van der Waals surface area contributed by atoms with Gasteiger partial charge in [0.05, 0.1) is 0 Å². The highest BCUT2D eigenvalue weighted by molar-refractivity contribution is 5.99. The summed E-state index contributed by atoms with van der Waals surface area (Å²) in [5, 5.41) is 0. The molecular formula is C20H24N2O2. The molecule has 126 valence electrons. The second-order valence-electron chi connectivity index (χ2n) is 7.03. The number of carbonyl (C=O) groups is 2. The van der Waals surface area contributed by atoms with Crippen molar-refractivity contribution < 1.29 is 9.59 Å². The number of benzene rings is 2. The fraction of sp³-hybridized carbons (Fsp3) is 0.300. The van der Waals surface area contributed by atoms with Crippen LogP contribution in [0.1, 0.15) is 58.2 Å². The Morgan fingerprint density at radius 2 is 1.25 bits per heavy atom. The Kier molecular flexibility index (Phi) is 5.07.